The number of hydrogen-bond donors (Lipinski definition) is 2. The summed E-state index contributed by atoms with van der Waals surface area (Å²) in [7, 11) is 0. The summed E-state index contributed by atoms with van der Waals surface area (Å²) in [5.74, 6) is -1.32. The van der Waals surface area contributed by atoms with Gasteiger partial charge in [-0.3, -0.25) is 9.59 Å². The van der Waals surface area contributed by atoms with Gasteiger partial charge in [0.25, 0.3) is 5.91 Å². The number of pyridine rings is 1. The lowest BCUT2D eigenvalue weighted by molar-refractivity contribution is -0.125. The number of ether oxygens (including phenoxy) is 1. The van der Waals surface area contributed by atoms with Crippen molar-refractivity contribution in [3.63, 3.8) is 0 Å². The van der Waals surface area contributed by atoms with E-state index in [0.29, 0.717) is 23.7 Å². The van der Waals surface area contributed by atoms with Crippen LogP contribution in [-0.2, 0) is 9.53 Å². The molecule has 0 radical (unpaired) electrons. The fourth-order valence-corrected chi connectivity index (χ4v) is 3.06. The molecule has 1 heterocycles. The highest BCUT2D eigenvalue weighted by Gasteiger charge is 2.35. The number of nitrogens with one attached hydrogen (secondary N) is 2. The van der Waals surface area contributed by atoms with E-state index in [9.17, 15) is 19.6 Å². The van der Waals surface area contributed by atoms with E-state index in [1.54, 1.807) is 24.3 Å². The van der Waals surface area contributed by atoms with Crippen molar-refractivity contribution in [3.05, 3.63) is 46.2 Å². The minimum atomic E-state index is -0.860. The van der Waals surface area contributed by atoms with Crippen molar-refractivity contribution in [2.75, 3.05) is 6.61 Å². The molecule has 3 rings (SSSR count). The van der Waals surface area contributed by atoms with Gasteiger partial charge < -0.3 is 15.0 Å². The predicted octanol–water partition coefficient (Wildman–Crippen LogP) is 1.64. The minimum Gasteiger partial charge on any atom is -0.451 e. The molecule has 0 unspecified atom stereocenters. The molecule has 1 aliphatic carbocycles. The van der Waals surface area contributed by atoms with Gasteiger partial charge >= 0.3 is 5.97 Å². The molecule has 1 aromatic heterocycles. The molecule has 0 bridgehead atoms. The second kappa shape index (κ2) is 6.77. The number of nitrogens with zero attached hydrogens (tertiary/aromatic N) is 1. The third kappa shape index (κ3) is 3.53. The minimum absolute atomic E-state index is 0.0210. The van der Waals surface area contributed by atoms with Gasteiger partial charge in [-0.2, -0.15) is 5.26 Å². The first kappa shape index (κ1) is 16.7. The van der Waals surface area contributed by atoms with Crippen LogP contribution in [0.5, 0.6) is 0 Å². The number of esters is 1. The van der Waals surface area contributed by atoms with Crippen molar-refractivity contribution in [1.29, 1.82) is 5.26 Å². The summed E-state index contributed by atoms with van der Waals surface area (Å²) in [5.41, 5.74) is -0.672. The molecule has 7 nitrogen and oxygen atoms in total. The fraction of sp³-hybridized carbons (Fsp3) is 0.333. The Balaban J connectivity index is 1.66. The van der Waals surface area contributed by atoms with Crippen LogP contribution in [0.4, 0.5) is 0 Å². The molecule has 1 aromatic carbocycles. The van der Waals surface area contributed by atoms with Crippen molar-refractivity contribution in [2.24, 2.45) is 0 Å². The lowest BCUT2D eigenvalue weighted by Crippen LogP contribution is -2.46. The van der Waals surface area contributed by atoms with Crippen molar-refractivity contribution in [3.8, 4) is 6.07 Å². The molecule has 2 N–H and O–H groups in total. The summed E-state index contributed by atoms with van der Waals surface area (Å²) in [6.07, 6.45) is 2.96. The highest BCUT2D eigenvalue weighted by molar-refractivity contribution is 5.92. The monoisotopic (exact) mass is 339 g/mol. The zero-order valence-corrected chi connectivity index (χ0v) is 13.5. The number of amides is 1. The molecule has 0 atom stereocenters. The average Bonchev–Trinajstić information content (AvgIpc) is 3.08. The quantitative estimate of drug-likeness (QED) is 0.822. The van der Waals surface area contributed by atoms with Crippen LogP contribution < -0.4 is 10.7 Å². The second-order valence-corrected chi connectivity index (χ2v) is 6.12. The Kier molecular flexibility index (Phi) is 4.52. The second-order valence-electron chi connectivity index (χ2n) is 6.12. The molecular weight excluding hydrogens is 322 g/mol. The number of carbonyl (C=O) groups is 2. The van der Waals surface area contributed by atoms with E-state index in [4.69, 9.17) is 4.74 Å². The Bertz CT molecular complexity index is 920. The Morgan fingerprint density at radius 3 is 2.72 bits per heavy atom. The number of para-hydroxylation sites is 1. The van der Waals surface area contributed by atoms with Crippen LogP contribution in [0.1, 0.15) is 36.2 Å². The standard InChI is InChI=1S/C18H17N3O4/c19-11-18(7-3-4-8-18)21-16(23)10-25-17(24)14-9-15(22)12-5-1-2-6-13(12)20-14/h1-2,5-6,9H,3-4,7-8,10H2,(H,20,22)(H,21,23). The maximum absolute atomic E-state index is 12.1. The number of nitriles is 1. The number of benzene rings is 1. The maximum Gasteiger partial charge on any atom is 0.355 e. The summed E-state index contributed by atoms with van der Waals surface area (Å²) in [5, 5.41) is 12.3. The van der Waals surface area contributed by atoms with E-state index in [2.05, 4.69) is 16.4 Å². The third-order valence-corrected chi connectivity index (χ3v) is 4.34. The zero-order chi connectivity index (χ0) is 17.9. The van der Waals surface area contributed by atoms with Gasteiger partial charge in [-0.25, -0.2) is 4.79 Å². The van der Waals surface area contributed by atoms with Crippen LogP contribution in [0.15, 0.2) is 35.1 Å². The van der Waals surface area contributed by atoms with E-state index in [1.807, 2.05) is 0 Å². The van der Waals surface area contributed by atoms with E-state index >= 15 is 0 Å². The predicted molar refractivity (Wildman–Crippen MR) is 89.8 cm³/mol. The first-order chi connectivity index (χ1) is 12.0. The van der Waals surface area contributed by atoms with Crippen molar-refractivity contribution >= 4 is 22.8 Å². The molecule has 1 aliphatic rings. The van der Waals surface area contributed by atoms with E-state index in [0.717, 1.165) is 18.9 Å². The maximum atomic E-state index is 12.1. The summed E-state index contributed by atoms with van der Waals surface area (Å²) in [6, 6.07) is 10.1. The molecule has 0 saturated heterocycles. The first-order valence-electron chi connectivity index (χ1n) is 8.04. The summed E-state index contributed by atoms with van der Waals surface area (Å²) >= 11 is 0. The third-order valence-electron chi connectivity index (χ3n) is 4.34. The van der Waals surface area contributed by atoms with E-state index in [-0.39, 0.29) is 11.1 Å². The normalized spacial score (nSPS) is 15.5. The Morgan fingerprint density at radius 2 is 2.00 bits per heavy atom. The van der Waals surface area contributed by atoms with Gasteiger partial charge in [0.05, 0.1) is 6.07 Å². The Morgan fingerprint density at radius 1 is 1.28 bits per heavy atom. The van der Waals surface area contributed by atoms with Gasteiger partial charge in [-0.05, 0) is 37.8 Å². The molecule has 0 spiro atoms. The van der Waals surface area contributed by atoms with Crippen LogP contribution in [0.3, 0.4) is 0 Å². The number of carbonyl (C=O) groups excluding carboxylic acids is 2. The van der Waals surface area contributed by atoms with Crippen LogP contribution in [0.2, 0.25) is 0 Å². The molecule has 1 amide bonds. The Hall–Kier alpha value is -3.14. The average molecular weight is 339 g/mol. The van der Waals surface area contributed by atoms with Gasteiger partial charge in [-0.15, -0.1) is 0 Å². The highest BCUT2D eigenvalue weighted by atomic mass is 16.5. The summed E-state index contributed by atoms with van der Waals surface area (Å²) in [4.78, 5) is 38.9. The highest BCUT2D eigenvalue weighted by Crippen LogP contribution is 2.28. The number of H-pyrrole nitrogens is 1. The lowest BCUT2D eigenvalue weighted by Gasteiger charge is -2.21. The molecule has 0 aliphatic heterocycles. The number of aromatic amines is 1. The summed E-state index contributed by atoms with van der Waals surface area (Å²) < 4.78 is 4.96. The van der Waals surface area contributed by atoms with Crippen LogP contribution >= 0.6 is 0 Å². The first-order valence-corrected chi connectivity index (χ1v) is 8.04. The molecule has 7 heteroatoms. The number of rotatable bonds is 4. The number of hydrogen-bond acceptors (Lipinski definition) is 5. The Labute approximate surface area is 143 Å². The van der Waals surface area contributed by atoms with Gasteiger partial charge in [0, 0.05) is 17.0 Å². The van der Waals surface area contributed by atoms with Crippen LogP contribution in [0, 0.1) is 11.3 Å². The topological polar surface area (TPSA) is 112 Å². The SMILES string of the molecule is N#CC1(NC(=O)COC(=O)c2cc(=O)c3ccccc3[nH]2)CCCC1. The van der Waals surface area contributed by atoms with E-state index < -0.39 is 24.0 Å². The van der Waals surface area contributed by atoms with Gasteiger partial charge in [0.2, 0.25) is 0 Å². The molecule has 1 saturated carbocycles. The van der Waals surface area contributed by atoms with Gasteiger partial charge in [-0.1, -0.05) is 12.1 Å². The van der Waals surface area contributed by atoms with Crippen LogP contribution in [-0.4, -0.2) is 29.0 Å². The smallest absolute Gasteiger partial charge is 0.355 e. The molecular formula is C18H17N3O4. The van der Waals surface area contributed by atoms with E-state index in [1.165, 1.54) is 0 Å². The fourth-order valence-electron chi connectivity index (χ4n) is 3.06. The van der Waals surface area contributed by atoms with Crippen molar-refractivity contribution in [2.45, 2.75) is 31.2 Å². The number of fused-ring (bicyclic) bond motifs is 1. The molecule has 128 valence electrons. The lowest BCUT2D eigenvalue weighted by atomic mass is 10.00. The molecule has 25 heavy (non-hydrogen) atoms. The van der Waals surface area contributed by atoms with Gasteiger partial charge in [0.15, 0.2) is 12.0 Å². The zero-order valence-electron chi connectivity index (χ0n) is 13.5. The van der Waals surface area contributed by atoms with Crippen LogP contribution in [0.25, 0.3) is 10.9 Å². The number of aromatic nitrogens is 1. The molecule has 1 fully saturated rings. The van der Waals surface area contributed by atoms with Gasteiger partial charge in [0.1, 0.15) is 11.2 Å². The van der Waals surface area contributed by atoms with Crippen molar-refractivity contribution in [1.82, 2.24) is 10.3 Å². The largest absolute Gasteiger partial charge is 0.451 e. The van der Waals surface area contributed by atoms with Crippen molar-refractivity contribution < 1.29 is 14.3 Å². The summed E-state index contributed by atoms with van der Waals surface area (Å²) in [6.45, 7) is -0.503. The molecule has 2 aromatic rings.